The van der Waals surface area contributed by atoms with Crippen LogP contribution in [0, 0.1) is 6.92 Å². The highest BCUT2D eigenvalue weighted by Gasteiger charge is 2.05. The van der Waals surface area contributed by atoms with Gasteiger partial charge in [0, 0.05) is 24.2 Å². The maximum atomic E-state index is 4.41. The van der Waals surface area contributed by atoms with Crippen molar-refractivity contribution in [2.75, 3.05) is 0 Å². The highest BCUT2D eigenvalue weighted by Crippen LogP contribution is 2.17. The minimum atomic E-state index is 0.840. The van der Waals surface area contributed by atoms with Crippen LogP contribution in [0.2, 0.25) is 0 Å². The number of hydrogen-bond donors (Lipinski definition) is 1. The van der Waals surface area contributed by atoms with Gasteiger partial charge in [-0.05, 0) is 12.5 Å². The Kier molecular flexibility index (Phi) is 3.13. The van der Waals surface area contributed by atoms with E-state index in [-0.39, 0.29) is 0 Å². The van der Waals surface area contributed by atoms with Crippen LogP contribution in [0.15, 0.2) is 42.7 Å². The number of aryl methyl sites for hydroxylation is 1. The van der Waals surface area contributed by atoms with Crippen LogP contribution in [-0.2, 0) is 13.1 Å². The van der Waals surface area contributed by atoms with Crippen molar-refractivity contribution in [2.45, 2.75) is 20.0 Å². The van der Waals surface area contributed by atoms with E-state index in [1.54, 1.807) is 11.3 Å². The molecular formula is C14H15N3S. The van der Waals surface area contributed by atoms with Crippen LogP contribution in [-0.4, -0.2) is 9.38 Å². The fraction of sp³-hybridized carbons (Fsp3) is 0.214. The molecule has 2 aromatic heterocycles. The van der Waals surface area contributed by atoms with Crippen LogP contribution in [0.3, 0.4) is 0 Å². The van der Waals surface area contributed by atoms with Gasteiger partial charge < -0.3 is 5.32 Å². The van der Waals surface area contributed by atoms with Gasteiger partial charge in [-0.2, -0.15) is 0 Å². The van der Waals surface area contributed by atoms with Crippen molar-refractivity contribution in [2.24, 2.45) is 0 Å². The monoisotopic (exact) mass is 257 g/mol. The van der Waals surface area contributed by atoms with Crippen LogP contribution in [0.25, 0.3) is 4.96 Å². The number of nitrogens with one attached hydrogen (secondary N) is 1. The summed E-state index contributed by atoms with van der Waals surface area (Å²) in [5.74, 6) is 0. The first-order chi connectivity index (χ1) is 8.83. The number of thiazole rings is 1. The molecule has 3 rings (SSSR count). The third-order valence-electron chi connectivity index (χ3n) is 2.88. The first kappa shape index (κ1) is 11.4. The summed E-state index contributed by atoms with van der Waals surface area (Å²) < 4.78 is 2.16. The Bertz CT molecular complexity index is 639. The molecule has 1 N–H and O–H groups in total. The average Bonchev–Trinajstić information content (AvgIpc) is 2.91. The molecule has 0 saturated carbocycles. The van der Waals surface area contributed by atoms with E-state index < -0.39 is 0 Å². The minimum Gasteiger partial charge on any atom is -0.307 e. The lowest BCUT2D eigenvalue weighted by Gasteiger charge is -2.03. The van der Waals surface area contributed by atoms with Gasteiger partial charge in [-0.3, -0.25) is 4.40 Å². The maximum Gasteiger partial charge on any atom is 0.194 e. The third-order valence-corrected chi connectivity index (χ3v) is 3.79. The second-order valence-corrected chi connectivity index (χ2v) is 5.55. The van der Waals surface area contributed by atoms with Crippen molar-refractivity contribution >= 4 is 16.3 Å². The van der Waals surface area contributed by atoms with Gasteiger partial charge in [-0.15, -0.1) is 11.3 Å². The Morgan fingerprint density at radius 2 is 2.06 bits per heavy atom. The van der Waals surface area contributed by atoms with Gasteiger partial charge in [0.2, 0.25) is 0 Å². The minimum absolute atomic E-state index is 0.840. The van der Waals surface area contributed by atoms with Crippen molar-refractivity contribution in [3.63, 3.8) is 0 Å². The number of rotatable bonds is 4. The molecule has 0 atom stereocenters. The number of imidazole rings is 1. The SMILES string of the molecule is Cc1cn2c(CNCc3ccccc3)cnc2s1. The normalized spacial score (nSPS) is 11.2. The lowest BCUT2D eigenvalue weighted by Crippen LogP contribution is -2.13. The summed E-state index contributed by atoms with van der Waals surface area (Å²) >= 11 is 1.73. The number of benzene rings is 1. The van der Waals surface area contributed by atoms with E-state index in [1.807, 2.05) is 12.3 Å². The third kappa shape index (κ3) is 2.30. The number of fused-ring (bicyclic) bond motifs is 1. The standard InChI is InChI=1S/C14H15N3S/c1-11-10-17-13(9-16-14(17)18-11)8-15-7-12-5-3-2-4-6-12/h2-6,9-10,15H,7-8H2,1H3. The van der Waals surface area contributed by atoms with Crippen molar-refractivity contribution in [1.82, 2.24) is 14.7 Å². The Balaban J connectivity index is 1.66. The largest absolute Gasteiger partial charge is 0.307 e. The molecular weight excluding hydrogens is 242 g/mol. The number of nitrogens with zero attached hydrogens (tertiary/aromatic N) is 2. The molecule has 0 unspecified atom stereocenters. The van der Waals surface area contributed by atoms with Gasteiger partial charge in [0.1, 0.15) is 0 Å². The molecule has 3 nitrogen and oxygen atoms in total. The van der Waals surface area contributed by atoms with Gasteiger partial charge in [-0.1, -0.05) is 30.3 Å². The van der Waals surface area contributed by atoms with Crippen LogP contribution < -0.4 is 5.32 Å². The zero-order chi connectivity index (χ0) is 12.4. The summed E-state index contributed by atoms with van der Waals surface area (Å²) in [6.45, 7) is 3.84. The van der Waals surface area contributed by atoms with Crippen LogP contribution in [0.1, 0.15) is 16.1 Å². The van der Waals surface area contributed by atoms with Gasteiger partial charge in [0.25, 0.3) is 0 Å². The molecule has 1 aromatic carbocycles. The zero-order valence-corrected chi connectivity index (χ0v) is 11.1. The molecule has 2 heterocycles. The zero-order valence-electron chi connectivity index (χ0n) is 10.3. The summed E-state index contributed by atoms with van der Waals surface area (Å²) in [5.41, 5.74) is 2.52. The molecule has 0 radical (unpaired) electrons. The topological polar surface area (TPSA) is 29.3 Å². The molecule has 4 heteroatoms. The van der Waals surface area contributed by atoms with E-state index in [9.17, 15) is 0 Å². The highest BCUT2D eigenvalue weighted by molar-refractivity contribution is 7.16. The molecule has 92 valence electrons. The predicted molar refractivity (Wildman–Crippen MR) is 74.8 cm³/mol. The fourth-order valence-electron chi connectivity index (χ4n) is 2.00. The van der Waals surface area contributed by atoms with Crippen LogP contribution >= 0.6 is 11.3 Å². The van der Waals surface area contributed by atoms with Gasteiger partial charge in [0.15, 0.2) is 4.96 Å². The van der Waals surface area contributed by atoms with Crippen molar-refractivity contribution in [3.8, 4) is 0 Å². The molecule has 18 heavy (non-hydrogen) atoms. The van der Waals surface area contributed by atoms with Crippen molar-refractivity contribution in [1.29, 1.82) is 0 Å². The number of aromatic nitrogens is 2. The summed E-state index contributed by atoms with van der Waals surface area (Å²) in [6, 6.07) is 10.4. The van der Waals surface area contributed by atoms with Gasteiger partial charge in [-0.25, -0.2) is 4.98 Å². The van der Waals surface area contributed by atoms with E-state index in [1.165, 1.54) is 16.1 Å². The van der Waals surface area contributed by atoms with Crippen LogP contribution in [0.5, 0.6) is 0 Å². The molecule has 0 aliphatic rings. The van der Waals surface area contributed by atoms with Crippen molar-refractivity contribution in [3.05, 3.63) is 58.9 Å². The molecule has 0 aliphatic carbocycles. The molecule has 0 spiro atoms. The van der Waals surface area contributed by atoms with E-state index in [0.29, 0.717) is 0 Å². The van der Waals surface area contributed by atoms with E-state index in [2.05, 4.69) is 52.1 Å². The molecule has 0 fully saturated rings. The Morgan fingerprint density at radius 3 is 2.89 bits per heavy atom. The quantitative estimate of drug-likeness (QED) is 0.778. The lowest BCUT2D eigenvalue weighted by molar-refractivity contribution is 0.676. The smallest absolute Gasteiger partial charge is 0.194 e. The van der Waals surface area contributed by atoms with Crippen molar-refractivity contribution < 1.29 is 0 Å². The maximum absolute atomic E-state index is 4.41. The number of hydrogen-bond acceptors (Lipinski definition) is 3. The predicted octanol–water partition coefficient (Wildman–Crippen LogP) is 2.99. The summed E-state index contributed by atoms with van der Waals surface area (Å²) in [7, 11) is 0. The summed E-state index contributed by atoms with van der Waals surface area (Å²) in [4.78, 5) is 6.77. The lowest BCUT2D eigenvalue weighted by atomic mass is 10.2. The average molecular weight is 257 g/mol. The molecule has 0 amide bonds. The molecule has 3 aromatic rings. The summed E-state index contributed by atoms with van der Waals surface area (Å²) in [6.07, 6.45) is 4.09. The first-order valence-corrected chi connectivity index (χ1v) is 6.81. The van der Waals surface area contributed by atoms with E-state index >= 15 is 0 Å². The summed E-state index contributed by atoms with van der Waals surface area (Å²) in [5, 5.41) is 3.45. The highest BCUT2D eigenvalue weighted by atomic mass is 32.1. The Morgan fingerprint density at radius 1 is 1.22 bits per heavy atom. The van der Waals surface area contributed by atoms with Crippen LogP contribution in [0.4, 0.5) is 0 Å². The fourth-order valence-corrected chi connectivity index (χ4v) is 2.82. The first-order valence-electron chi connectivity index (χ1n) is 6.00. The second kappa shape index (κ2) is 4.92. The van der Waals surface area contributed by atoms with Gasteiger partial charge >= 0.3 is 0 Å². The van der Waals surface area contributed by atoms with E-state index in [4.69, 9.17) is 0 Å². The Labute approximate surface area is 110 Å². The second-order valence-electron chi connectivity index (χ2n) is 4.33. The van der Waals surface area contributed by atoms with Gasteiger partial charge in [0.05, 0.1) is 11.9 Å². The molecule has 0 aliphatic heterocycles. The van der Waals surface area contributed by atoms with E-state index in [0.717, 1.165) is 18.1 Å². The molecule has 0 bridgehead atoms. The molecule has 0 saturated heterocycles. The Hall–Kier alpha value is -1.65.